The first kappa shape index (κ1) is 17.2. The van der Waals surface area contributed by atoms with Gasteiger partial charge in [-0.15, -0.1) is 0 Å². The fraction of sp³-hybridized carbons (Fsp3) is 0.0870. The summed E-state index contributed by atoms with van der Waals surface area (Å²) in [6.45, 7) is 1.77. The van der Waals surface area contributed by atoms with Crippen LogP contribution in [-0.2, 0) is 4.79 Å². The second-order valence-corrected chi connectivity index (χ2v) is 6.87. The van der Waals surface area contributed by atoms with Gasteiger partial charge in [0, 0.05) is 29.0 Å². The van der Waals surface area contributed by atoms with Crippen LogP contribution < -0.4 is 4.74 Å². The van der Waals surface area contributed by atoms with Gasteiger partial charge in [0.1, 0.15) is 0 Å². The third-order valence-corrected chi connectivity index (χ3v) is 4.64. The smallest absolute Gasteiger partial charge is 0.310 e. The molecule has 3 aromatic heterocycles. The zero-order valence-corrected chi connectivity index (χ0v) is 15.8. The van der Waals surface area contributed by atoms with E-state index < -0.39 is 0 Å². The van der Waals surface area contributed by atoms with Gasteiger partial charge >= 0.3 is 5.97 Å². The number of esters is 1. The maximum absolute atomic E-state index is 11.9. The van der Waals surface area contributed by atoms with E-state index in [9.17, 15) is 4.79 Å². The summed E-state index contributed by atoms with van der Waals surface area (Å²) in [5, 5.41) is 0. The van der Waals surface area contributed by atoms with E-state index in [0.717, 1.165) is 39.3 Å². The Hall–Kier alpha value is -3.93. The van der Waals surface area contributed by atoms with Crippen LogP contribution in [0.3, 0.4) is 0 Å². The Labute approximate surface area is 166 Å². The number of carbonyl (C=O) groups excluding carboxylic acids is 1. The Morgan fingerprint density at radius 2 is 1.41 bits per heavy atom. The Morgan fingerprint density at radius 1 is 0.793 bits per heavy atom. The minimum absolute atomic E-state index is 0.282. The Kier molecular flexibility index (Phi) is 4.09. The fourth-order valence-electron chi connectivity index (χ4n) is 3.27. The largest absolute Gasteiger partial charge is 0.424 e. The second kappa shape index (κ2) is 6.91. The zero-order valence-electron chi connectivity index (χ0n) is 15.8. The van der Waals surface area contributed by atoms with Gasteiger partial charge in [-0.1, -0.05) is 6.92 Å². The van der Waals surface area contributed by atoms with Gasteiger partial charge in [-0.05, 0) is 60.7 Å². The number of aromatic nitrogens is 4. The van der Waals surface area contributed by atoms with Gasteiger partial charge in [-0.3, -0.25) is 4.79 Å². The Morgan fingerprint density at radius 3 is 2.10 bits per heavy atom. The van der Waals surface area contributed by atoms with E-state index in [0.29, 0.717) is 17.7 Å². The van der Waals surface area contributed by atoms with Crippen molar-refractivity contribution >= 4 is 52.3 Å². The highest BCUT2D eigenvalue weighted by atomic mass is 16.5. The molecule has 3 aromatic rings. The highest BCUT2D eigenvalue weighted by Crippen LogP contribution is 2.24. The molecule has 2 N–H and O–H groups in total. The molecular formula is C23H18N4O2. The third-order valence-electron chi connectivity index (χ3n) is 4.64. The molecule has 0 saturated carbocycles. The summed E-state index contributed by atoms with van der Waals surface area (Å²) in [5.74, 6) is 0.205. The van der Waals surface area contributed by atoms with Gasteiger partial charge in [0.05, 0.1) is 28.3 Å². The van der Waals surface area contributed by atoms with Crippen molar-refractivity contribution in [2.75, 3.05) is 0 Å². The minimum Gasteiger partial charge on any atom is -0.424 e. The molecule has 2 aliphatic heterocycles. The highest BCUT2D eigenvalue weighted by Gasteiger charge is 2.08. The lowest BCUT2D eigenvalue weighted by Gasteiger charge is -1.98. The first-order valence-corrected chi connectivity index (χ1v) is 9.44. The van der Waals surface area contributed by atoms with Crippen LogP contribution in [0.5, 0.6) is 5.75 Å². The van der Waals surface area contributed by atoms with E-state index in [4.69, 9.17) is 4.74 Å². The molecule has 6 heteroatoms. The SMILES string of the molecule is CCC(=O)Oc1cc2cc3ccc(cc4nc(cc5nc(cc1[nH]2)C=C5)C=C4)[nH]3. The number of H-pyrrole nitrogens is 2. The lowest BCUT2D eigenvalue weighted by molar-refractivity contribution is -0.133. The molecule has 0 saturated heterocycles. The molecule has 0 fully saturated rings. The molecule has 0 unspecified atom stereocenters. The van der Waals surface area contributed by atoms with E-state index in [1.165, 1.54) is 0 Å². The monoisotopic (exact) mass is 382 g/mol. The molecule has 6 nitrogen and oxygen atoms in total. The first-order valence-electron chi connectivity index (χ1n) is 9.44. The van der Waals surface area contributed by atoms with Crippen molar-refractivity contribution < 1.29 is 9.53 Å². The van der Waals surface area contributed by atoms with Crippen molar-refractivity contribution in [2.45, 2.75) is 13.3 Å². The molecule has 0 amide bonds. The van der Waals surface area contributed by atoms with Crippen LogP contribution in [0.1, 0.15) is 36.1 Å². The molecule has 142 valence electrons. The van der Waals surface area contributed by atoms with Crippen molar-refractivity contribution in [3.63, 3.8) is 0 Å². The normalized spacial score (nSPS) is 12.3. The van der Waals surface area contributed by atoms with Gasteiger partial charge in [-0.25, -0.2) is 9.97 Å². The molecule has 0 aliphatic carbocycles. The maximum Gasteiger partial charge on any atom is 0.310 e. The summed E-state index contributed by atoms with van der Waals surface area (Å²) >= 11 is 0. The number of rotatable bonds is 2. The number of hydrogen-bond donors (Lipinski definition) is 2. The molecule has 0 atom stereocenters. The number of aromatic amines is 2. The van der Waals surface area contributed by atoms with E-state index in [1.54, 1.807) is 6.92 Å². The topological polar surface area (TPSA) is 83.7 Å². The zero-order chi connectivity index (χ0) is 19.8. The predicted octanol–water partition coefficient (Wildman–Crippen LogP) is 4.97. The molecule has 8 bridgehead atoms. The highest BCUT2D eigenvalue weighted by molar-refractivity contribution is 5.82. The van der Waals surface area contributed by atoms with Crippen LogP contribution in [0.15, 0.2) is 42.5 Å². The van der Waals surface area contributed by atoms with Gasteiger partial charge in [-0.2, -0.15) is 0 Å². The Balaban J connectivity index is 1.79. The number of ether oxygens (including phenoxy) is 1. The number of nitrogens with one attached hydrogen (secondary N) is 2. The second-order valence-electron chi connectivity index (χ2n) is 6.87. The van der Waals surface area contributed by atoms with Crippen molar-refractivity contribution in [3.8, 4) is 5.75 Å². The molecule has 0 radical (unpaired) electrons. The van der Waals surface area contributed by atoms with Crippen molar-refractivity contribution in [2.24, 2.45) is 0 Å². The maximum atomic E-state index is 11.9. The molecule has 2 aliphatic rings. The number of carbonyl (C=O) groups is 1. The number of fused-ring (bicyclic) bond motifs is 8. The molecule has 0 aromatic carbocycles. The van der Waals surface area contributed by atoms with Gasteiger partial charge < -0.3 is 14.7 Å². The summed E-state index contributed by atoms with van der Waals surface area (Å²) in [6.07, 6.45) is 8.12. The molecule has 5 rings (SSSR count). The van der Waals surface area contributed by atoms with E-state index in [2.05, 4.69) is 19.9 Å². The van der Waals surface area contributed by atoms with Crippen molar-refractivity contribution in [3.05, 3.63) is 65.2 Å². The minimum atomic E-state index is -0.282. The molecule has 29 heavy (non-hydrogen) atoms. The summed E-state index contributed by atoms with van der Waals surface area (Å²) in [4.78, 5) is 27.8. The summed E-state index contributed by atoms with van der Waals surface area (Å²) in [7, 11) is 0. The molecule has 5 heterocycles. The van der Waals surface area contributed by atoms with Crippen LogP contribution in [-0.4, -0.2) is 25.9 Å². The van der Waals surface area contributed by atoms with Crippen molar-refractivity contribution in [1.82, 2.24) is 19.9 Å². The third kappa shape index (κ3) is 3.60. The average Bonchev–Trinajstić information content (AvgIpc) is 3.47. The van der Waals surface area contributed by atoms with E-state index >= 15 is 0 Å². The summed E-state index contributed by atoms with van der Waals surface area (Å²) in [6, 6.07) is 13.6. The van der Waals surface area contributed by atoms with E-state index in [1.807, 2.05) is 66.8 Å². The number of hydrogen-bond acceptors (Lipinski definition) is 4. The van der Waals surface area contributed by atoms with Crippen LogP contribution >= 0.6 is 0 Å². The van der Waals surface area contributed by atoms with Crippen LogP contribution in [0.25, 0.3) is 46.4 Å². The summed E-state index contributed by atoms with van der Waals surface area (Å²) in [5.41, 5.74) is 6.72. The Bertz CT molecular complexity index is 1340. The van der Waals surface area contributed by atoms with Gasteiger partial charge in [0.2, 0.25) is 0 Å². The summed E-state index contributed by atoms with van der Waals surface area (Å²) < 4.78 is 5.51. The molecular weight excluding hydrogens is 364 g/mol. The quantitative estimate of drug-likeness (QED) is 0.422. The number of nitrogens with zero attached hydrogens (tertiary/aromatic N) is 2. The van der Waals surface area contributed by atoms with E-state index in [-0.39, 0.29) is 5.97 Å². The lowest BCUT2D eigenvalue weighted by atomic mass is 10.3. The van der Waals surface area contributed by atoms with Gasteiger partial charge in [0.25, 0.3) is 0 Å². The fourth-order valence-corrected chi connectivity index (χ4v) is 3.27. The van der Waals surface area contributed by atoms with Crippen LogP contribution in [0, 0.1) is 0 Å². The van der Waals surface area contributed by atoms with Crippen molar-refractivity contribution in [1.29, 1.82) is 0 Å². The first-order chi connectivity index (χ1) is 14.1. The average molecular weight is 382 g/mol. The predicted molar refractivity (Wildman–Crippen MR) is 115 cm³/mol. The van der Waals surface area contributed by atoms with Gasteiger partial charge in [0.15, 0.2) is 5.75 Å². The molecule has 0 spiro atoms. The van der Waals surface area contributed by atoms with Crippen LogP contribution in [0.2, 0.25) is 0 Å². The lowest BCUT2D eigenvalue weighted by Crippen LogP contribution is -2.04. The standard InChI is InChI=1S/C23H18N4O2/c1-2-23(28)29-22-13-20-11-18-6-5-16(25-18)9-14-3-4-15(24-14)10-17-7-8-19(26-17)12-21(22)27-20/h3-13,25,27H,2H2,1H3. The van der Waals surface area contributed by atoms with Crippen LogP contribution in [0.4, 0.5) is 0 Å².